The summed E-state index contributed by atoms with van der Waals surface area (Å²) in [4.78, 5) is 2.61. The number of anilines is 1. The van der Waals surface area contributed by atoms with Crippen molar-refractivity contribution in [2.75, 3.05) is 11.4 Å². The molecule has 2 nitrogen and oxygen atoms in total. The highest BCUT2D eigenvalue weighted by Crippen LogP contribution is 2.29. The van der Waals surface area contributed by atoms with Crippen molar-refractivity contribution in [1.82, 2.24) is 0 Å². The molecule has 0 amide bonds. The molecule has 0 saturated heterocycles. The highest BCUT2D eigenvalue weighted by molar-refractivity contribution is 7.80. The molecule has 102 valence electrons. The predicted octanol–water partition coefficient (Wildman–Crippen LogP) is 3.02. The number of hydrogen-bond acceptors (Lipinski definition) is 2. The molecular formula is C16H15FN2S. The van der Waals surface area contributed by atoms with Crippen molar-refractivity contribution < 1.29 is 4.39 Å². The van der Waals surface area contributed by atoms with E-state index in [0.29, 0.717) is 4.99 Å². The summed E-state index contributed by atoms with van der Waals surface area (Å²) in [6, 6.07) is 12.9. The Morgan fingerprint density at radius 2 is 1.95 bits per heavy atom. The first kappa shape index (κ1) is 13.1. The van der Waals surface area contributed by atoms with Gasteiger partial charge < -0.3 is 10.6 Å². The van der Waals surface area contributed by atoms with Gasteiger partial charge in [0.1, 0.15) is 10.8 Å². The van der Waals surface area contributed by atoms with E-state index in [2.05, 4.69) is 4.90 Å². The Bertz CT molecular complexity index is 652. The Morgan fingerprint density at radius 3 is 2.65 bits per heavy atom. The first-order chi connectivity index (χ1) is 9.63. The molecule has 20 heavy (non-hydrogen) atoms. The van der Waals surface area contributed by atoms with Gasteiger partial charge in [-0.25, -0.2) is 4.39 Å². The van der Waals surface area contributed by atoms with E-state index in [-0.39, 0.29) is 5.82 Å². The molecule has 0 aromatic heterocycles. The quantitative estimate of drug-likeness (QED) is 0.879. The van der Waals surface area contributed by atoms with Gasteiger partial charge in [-0.3, -0.25) is 0 Å². The summed E-state index contributed by atoms with van der Waals surface area (Å²) in [7, 11) is 0. The molecule has 3 rings (SSSR count). The first-order valence-corrected chi connectivity index (χ1v) is 6.96. The lowest BCUT2D eigenvalue weighted by Gasteiger charge is -2.19. The van der Waals surface area contributed by atoms with E-state index < -0.39 is 0 Å². The summed E-state index contributed by atoms with van der Waals surface area (Å²) in [6.45, 7) is 1.70. The SMILES string of the molecule is NC(=S)c1ccc(CN2CCc3ccc(F)cc32)cc1. The normalized spacial score (nSPS) is 13.3. The van der Waals surface area contributed by atoms with Crippen molar-refractivity contribution in [3.8, 4) is 0 Å². The molecule has 0 unspecified atom stereocenters. The van der Waals surface area contributed by atoms with E-state index in [9.17, 15) is 4.39 Å². The second-order valence-electron chi connectivity index (χ2n) is 5.01. The maximum absolute atomic E-state index is 13.4. The van der Waals surface area contributed by atoms with Crippen LogP contribution in [0.5, 0.6) is 0 Å². The van der Waals surface area contributed by atoms with Crippen LogP contribution in [0, 0.1) is 5.82 Å². The number of fused-ring (bicyclic) bond motifs is 1. The lowest BCUT2D eigenvalue weighted by molar-refractivity contribution is 0.627. The van der Waals surface area contributed by atoms with Crippen LogP contribution in [0.2, 0.25) is 0 Å². The molecule has 0 radical (unpaired) electrons. The van der Waals surface area contributed by atoms with Crippen LogP contribution in [0.25, 0.3) is 0 Å². The molecule has 1 aliphatic heterocycles. The van der Waals surface area contributed by atoms with Gasteiger partial charge in [0.2, 0.25) is 0 Å². The molecule has 0 spiro atoms. The van der Waals surface area contributed by atoms with Gasteiger partial charge >= 0.3 is 0 Å². The smallest absolute Gasteiger partial charge is 0.125 e. The lowest BCUT2D eigenvalue weighted by Crippen LogP contribution is -2.19. The fraction of sp³-hybridized carbons (Fsp3) is 0.188. The number of rotatable bonds is 3. The van der Waals surface area contributed by atoms with E-state index in [4.69, 9.17) is 18.0 Å². The summed E-state index contributed by atoms with van der Waals surface area (Å²) in [6.07, 6.45) is 0.973. The number of halogens is 1. The second-order valence-corrected chi connectivity index (χ2v) is 5.45. The summed E-state index contributed by atoms with van der Waals surface area (Å²) in [5.41, 5.74) is 9.84. The van der Waals surface area contributed by atoms with E-state index >= 15 is 0 Å². The zero-order valence-electron chi connectivity index (χ0n) is 11.0. The third-order valence-corrected chi connectivity index (χ3v) is 3.89. The monoisotopic (exact) mass is 286 g/mol. The number of hydrogen-bond donors (Lipinski definition) is 1. The number of thiocarbonyl (C=S) groups is 1. The highest BCUT2D eigenvalue weighted by atomic mass is 32.1. The molecule has 2 N–H and O–H groups in total. The molecule has 0 saturated carbocycles. The van der Waals surface area contributed by atoms with Crippen molar-refractivity contribution in [2.24, 2.45) is 5.73 Å². The van der Waals surface area contributed by atoms with E-state index in [0.717, 1.165) is 30.8 Å². The molecular weight excluding hydrogens is 271 g/mol. The predicted molar refractivity (Wildman–Crippen MR) is 83.5 cm³/mol. The molecule has 0 atom stereocenters. The molecule has 0 fully saturated rings. The van der Waals surface area contributed by atoms with E-state index in [1.165, 1.54) is 17.2 Å². The summed E-state index contributed by atoms with van der Waals surface area (Å²) >= 11 is 4.94. The molecule has 0 bridgehead atoms. The van der Waals surface area contributed by atoms with Crippen LogP contribution < -0.4 is 10.6 Å². The van der Waals surface area contributed by atoms with Gasteiger partial charge in [-0.15, -0.1) is 0 Å². The molecule has 1 aliphatic rings. The van der Waals surface area contributed by atoms with Gasteiger partial charge in [0, 0.05) is 24.3 Å². The van der Waals surface area contributed by atoms with Crippen molar-refractivity contribution in [3.63, 3.8) is 0 Å². The van der Waals surface area contributed by atoms with E-state index in [1.807, 2.05) is 30.3 Å². The highest BCUT2D eigenvalue weighted by Gasteiger charge is 2.19. The molecule has 0 aliphatic carbocycles. The minimum Gasteiger partial charge on any atom is -0.389 e. The van der Waals surface area contributed by atoms with Gasteiger partial charge in [-0.05, 0) is 29.7 Å². The third kappa shape index (κ3) is 2.51. The minimum atomic E-state index is -0.181. The molecule has 2 aromatic carbocycles. The van der Waals surface area contributed by atoms with Crippen LogP contribution in [-0.2, 0) is 13.0 Å². The van der Waals surface area contributed by atoms with Crippen LogP contribution in [0.15, 0.2) is 42.5 Å². The van der Waals surface area contributed by atoms with Gasteiger partial charge in [0.15, 0.2) is 0 Å². The Kier molecular flexibility index (Phi) is 3.40. The van der Waals surface area contributed by atoms with Crippen molar-refractivity contribution in [2.45, 2.75) is 13.0 Å². The topological polar surface area (TPSA) is 29.3 Å². The standard InChI is InChI=1S/C16H15FN2S/c17-14-6-5-12-7-8-19(15(12)9-14)10-11-1-3-13(4-2-11)16(18)20/h1-6,9H,7-8,10H2,(H2,18,20). The van der Waals surface area contributed by atoms with Crippen LogP contribution in [0.1, 0.15) is 16.7 Å². The average Bonchev–Trinajstić information content (AvgIpc) is 2.82. The first-order valence-electron chi connectivity index (χ1n) is 6.55. The number of nitrogens with two attached hydrogens (primary N) is 1. The van der Waals surface area contributed by atoms with Crippen molar-refractivity contribution >= 4 is 22.9 Å². The Balaban J connectivity index is 1.80. The second kappa shape index (κ2) is 5.21. The van der Waals surface area contributed by atoms with Crippen LogP contribution >= 0.6 is 12.2 Å². The maximum atomic E-state index is 13.4. The maximum Gasteiger partial charge on any atom is 0.125 e. The zero-order chi connectivity index (χ0) is 14.1. The van der Waals surface area contributed by atoms with E-state index in [1.54, 1.807) is 6.07 Å². The fourth-order valence-corrected chi connectivity index (χ4v) is 2.71. The summed E-state index contributed by atoms with van der Waals surface area (Å²) in [5, 5.41) is 0. The third-order valence-electron chi connectivity index (χ3n) is 3.65. The summed E-state index contributed by atoms with van der Waals surface area (Å²) < 4.78 is 13.4. The van der Waals surface area contributed by atoms with Crippen LogP contribution in [0.4, 0.5) is 10.1 Å². The van der Waals surface area contributed by atoms with Gasteiger partial charge in [0.25, 0.3) is 0 Å². The van der Waals surface area contributed by atoms with Crippen molar-refractivity contribution in [1.29, 1.82) is 0 Å². The molecule has 4 heteroatoms. The van der Waals surface area contributed by atoms with Crippen LogP contribution in [-0.4, -0.2) is 11.5 Å². The number of benzene rings is 2. The number of nitrogens with zero attached hydrogens (tertiary/aromatic N) is 1. The molecule has 2 aromatic rings. The minimum absolute atomic E-state index is 0.181. The lowest BCUT2D eigenvalue weighted by atomic mass is 10.1. The van der Waals surface area contributed by atoms with Crippen molar-refractivity contribution in [3.05, 3.63) is 65.0 Å². The van der Waals surface area contributed by atoms with Gasteiger partial charge in [0.05, 0.1) is 0 Å². The average molecular weight is 286 g/mol. The largest absolute Gasteiger partial charge is 0.389 e. The Labute approximate surface area is 123 Å². The summed E-state index contributed by atoms with van der Waals surface area (Å²) in [5.74, 6) is -0.181. The van der Waals surface area contributed by atoms with Crippen LogP contribution in [0.3, 0.4) is 0 Å². The fourth-order valence-electron chi connectivity index (χ4n) is 2.58. The van der Waals surface area contributed by atoms with Gasteiger partial charge in [-0.1, -0.05) is 42.5 Å². The Hall–Kier alpha value is -1.94. The van der Waals surface area contributed by atoms with Gasteiger partial charge in [-0.2, -0.15) is 0 Å². The molecule has 1 heterocycles. The Morgan fingerprint density at radius 1 is 1.20 bits per heavy atom. The zero-order valence-corrected chi connectivity index (χ0v) is 11.8.